The molecule has 1 saturated carbocycles. The van der Waals surface area contributed by atoms with Crippen LogP contribution in [0.15, 0.2) is 0 Å². The summed E-state index contributed by atoms with van der Waals surface area (Å²) in [5.74, 6) is 1.62. The van der Waals surface area contributed by atoms with Gasteiger partial charge in [-0.2, -0.15) is 0 Å². The van der Waals surface area contributed by atoms with Crippen molar-refractivity contribution in [2.45, 2.75) is 57.0 Å². The molecular formula is C15H26N2O2. The highest BCUT2D eigenvalue weighted by Gasteiger charge is 2.44. The zero-order chi connectivity index (χ0) is 13.2. The fourth-order valence-corrected chi connectivity index (χ4v) is 4.38. The molecule has 0 bridgehead atoms. The second-order valence-corrected chi connectivity index (χ2v) is 6.43. The Morgan fingerprint density at radius 3 is 2.95 bits per heavy atom. The van der Waals surface area contributed by atoms with E-state index in [1.54, 1.807) is 0 Å². The van der Waals surface area contributed by atoms with Crippen molar-refractivity contribution in [1.82, 2.24) is 10.2 Å². The summed E-state index contributed by atoms with van der Waals surface area (Å²) >= 11 is 0. The summed E-state index contributed by atoms with van der Waals surface area (Å²) in [6.45, 7) is 2.11. The predicted octanol–water partition coefficient (Wildman–Crippen LogP) is 1.14. The lowest BCUT2D eigenvalue weighted by molar-refractivity contribution is -0.138. The maximum absolute atomic E-state index is 12.8. The van der Waals surface area contributed by atoms with Crippen molar-refractivity contribution in [3.05, 3.63) is 0 Å². The number of hydrogen-bond acceptors (Lipinski definition) is 3. The molecule has 0 radical (unpaired) electrons. The molecule has 4 atom stereocenters. The molecule has 3 aliphatic rings. The Balaban J connectivity index is 1.67. The fourth-order valence-electron chi connectivity index (χ4n) is 4.38. The van der Waals surface area contributed by atoms with Crippen LogP contribution in [0.1, 0.15) is 44.9 Å². The molecule has 19 heavy (non-hydrogen) atoms. The number of carbonyl (C=O) groups excluding carboxylic acids is 1. The molecule has 2 saturated heterocycles. The molecule has 3 rings (SSSR count). The van der Waals surface area contributed by atoms with E-state index in [0.29, 0.717) is 11.8 Å². The van der Waals surface area contributed by atoms with Gasteiger partial charge in [-0.25, -0.2) is 0 Å². The minimum Gasteiger partial charge on any atom is -0.396 e. The van der Waals surface area contributed by atoms with Gasteiger partial charge in [0.2, 0.25) is 5.91 Å². The lowest BCUT2D eigenvalue weighted by atomic mass is 9.91. The number of amides is 1. The Morgan fingerprint density at radius 2 is 2.11 bits per heavy atom. The number of likely N-dealkylation sites (tertiary alicyclic amines) is 1. The molecule has 2 N–H and O–H groups in total. The van der Waals surface area contributed by atoms with Crippen LogP contribution in [0.5, 0.6) is 0 Å². The average molecular weight is 266 g/mol. The first kappa shape index (κ1) is 13.4. The van der Waals surface area contributed by atoms with Gasteiger partial charge in [0, 0.05) is 19.2 Å². The van der Waals surface area contributed by atoms with Crippen LogP contribution in [-0.2, 0) is 4.79 Å². The maximum Gasteiger partial charge on any atom is 0.240 e. The van der Waals surface area contributed by atoms with Gasteiger partial charge < -0.3 is 15.3 Å². The first-order valence-corrected chi connectivity index (χ1v) is 7.96. The SMILES string of the molecule is O=C(C1NCC2CCCC21)N1CCCCC1CCO. The van der Waals surface area contributed by atoms with E-state index in [0.717, 1.165) is 38.3 Å². The number of aliphatic hydroxyl groups is 1. The predicted molar refractivity (Wildman–Crippen MR) is 73.7 cm³/mol. The van der Waals surface area contributed by atoms with Crippen LogP contribution in [-0.4, -0.2) is 47.7 Å². The molecule has 4 heteroatoms. The third kappa shape index (κ3) is 2.52. The van der Waals surface area contributed by atoms with E-state index < -0.39 is 0 Å². The van der Waals surface area contributed by atoms with Gasteiger partial charge in [-0.1, -0.05) is 6.42 Å². The van der Waals surface area contributed by atoms with Crippen LogP contribution in [0, 0.1) is 11.8 Å². The first-order chi connectivity index (χ1) is 9.31. The molecule has 4 nitrogen and oxygen atoms in total. The van der Waals surface area contributed by atoms with Crippen LogP contribution in [0.3, 0.4) is 0 Å². The van der Waals surface area contributed by atoms with Gasteiger partial charge in [-0.05, 0) is 56.9 Å². The molecule has 3 fully saturated rings. The minimum absolute atomic E-state index is 0.0618. The first-order valence-electron chi connectivity index (χ1n) is 7.96. The smallest absolute Gasteiger partial charge is 0.240 e. The molecule has 0 aromatic carbocycles. The number of nitrogens with zero attached hydrogens (tertiary/aromatic N) is 1. The zero-order valence-electron chi connectivity index (χ0n) is 11.7. The molecule has 0 aromatic rings. The number of rotatable bonds is 3. The summed E-state index contributed by atoms with van der Waals surface area (Å²) < 4.78 is 0. The molecule has 0 spiro atoms. The number of aliphatic hydroxyl groups excluding tert-OH is 1. The summed E-state index contributed by atoms with van der Waals surface area (Å²) in [6.07, 6.45) is 7.92. The third-order valence-corrected chi connectivity index (χ3v) is 5.38. The zero-order valence-corrected chi connectivity index (χ0v) is 11.7. The quantitative estimate of drug-likeness (QED) is 0.805. The van der Waals surface area contributed by atoms with Crippen LogP contribution in [0.2, 0.25) is 0 Å². The van der Waals surface area contributed by atoms with Crippen molar-refractivity contribution in [2.75, 3.05) is 19.7 Å². The normalized spacial score (nSPS) is 38.5. The summed E-state index contributed by atoms with van der Waals surface area (Å²) in [6, 6.07) is 0.334. The Kier molecular flexibility index (Phi) is 4.08. The lowest BCUT2D eigenvalue weighted by Gasteiger charge is -2.38. The van der Waals surface area contributed by atoms with E-state index >= 15 is 0 Å². The van der Waals surface area contributed by atoms with E-state index in [4.69, 9.17) is 0 Å². The van der Waals surface area contributed by atoms with E-state index in [1.165, 1.54) is 25.7 Å². The van der Waals surface area contributed by atoms with E-state index in [9.17, 15) is 9.90 Å². The summed E-state index contributed by atoms with van der Waals surface area (Å²) in [7, 11) is 0. The van der Waals surface area contributed by atoms with Crippen LogP contribution < -0.4 is 5.32 Å². The molecule has 2 aliphatic heterocycles. The second kappa shape index (κ2) is 5.80. The number of hydrogen-bond donors (Lipinski definition) is 2. The molecule has 2 heterocycles. The summed E-state index contributed by atoms with van der Waals surface area (Å²) in [4.78, 5) is 14.9. The largest absolute Gasteiger partial charge is 0.396 e. The lowest BCUT2D eigenvalue weighted by Crippen LogP contribution is -2.52. The monoisotopic (exact) mass is 266 g/mol. The van der Waals surface area contributed by atoms with E-state index in [1.807, 2.05) is 0 Å². The van der Waals surface area contributed by atoms with Crippen LogP contribution >= 0.6 is 0 Å². The van der Waals surface area contributed by atoms with Gasteiger partial charge in [0.1, 0.15) is 0 Å². The summed E-state index contributed by atoms with van der Waals surface area (Å²) in [5.41, 5.74) is 0. The standard InChI is InChI=1S/C15H26N2O2/c18-9-7-12-5-1-2-8-17(12)15(19)14-13-6-3-4-11(13)10-16-14/h11-14,16,18H,1-10H2. The van der Waals surface area contributed by atoms with Gasteiger partial charge in [0.25, 0.3) is 0 Å². The van der Waals surface area contributed by atoms with Crippen molar-refractivity contribution >= 4 is 5.91 Å². The van der Waals surface area contributed by atoms with Crippen molar-refractivity contribution in [3.63, 3.8) is 0 Å². The van der Waals surface area contributed by atoms with Gasteiger partial charge >= 0.3 is 0 Å². The highest BCUT2D eigenvalue weighted by molar-refractivity contribution is 5.83. The Morgan fingerprint density at radius 1 is 1.21 bits per heavy atom. The maximum atomic E-state index is 12.8. The van der Waals surface area contributed by atoms with Crippen molar-refractivity contribution < 1.29 is 9.90 Å². The molecule has 108 valence electrons. The topological polar surface area (TPSA) is 52.6 Å². The van der Waals surface area contributed by atoms with Gasteiger partial charge in [-0.3, -0.25) is 4.79 Å². The van der Waals surface area contributed by atoms with Crippen molar-refractivity contribution in [1.29, 1.82) is 0 Å². The molecule has 1 aliphatic carbocycles. The Hall–Kier alpha value is -0.610. The number of carbonyl (C=O) groups is 1. The fraction of sp³-hybridized carbons (Fsp3) is 0.933. The average Bonchev–Trinajstić information content (AvgIpc) is 3.01. The van der Waals surface area contributed by atoms with Gasteiger partial charge in [-0.15, -0.1) is 0 Å². The van der Waals surface area contributed by atoms with Crippen LogP contribution in [0.4, 0.5) is 0 Å². The van der Waals surface area contributed by atoms with Crippen molar-refractivity contribution in [3.8, 4) is 0 Å². The van der Waals surface area contributed by atoms with Crippen molar-refractivity contribution in [2.24, 2.45) is 11.8 Å². The third-order valence-electron chi connectivity index (χ3n) is 5.38. The highest BCUT2D eigenvalue weighted by Crippen LogP contribution is 2.38. The second-order valence-electron chi connectivity index (χ2n) is 6.43. The number of nitrogens with one attached hydrogen (secondary N) is 1. The number of fused-ring (bicyclic) bond motifs is 1. The van der Waals surface area contributed by atoms with Crippen LogP contribution in [0.25, 0.3) is 0 Å². The molecule has 1 amide bonds. The summed E-state index contributed by atoms with van der Waals surface area (Å²) in [5, 5.41) is 12.6. The molecule has 4 unspecified atom stereocenters. The highest BCUT2D eigenvalue weighted by atomic mass is 16.3. The van der Waals surface area contributed by atoms with Gasteiger partial charge in [0.05, 0.1) is 6.04 Å². The van der Waals surface area contributed by atoms with Gasteiger partial charge in [0.15, 0.2) is 0 Å². The Bertz CT molecular complexity index is 332. The molecule has 0 aromatic heterocycles. The van der Waals surface area contributed by atoms with E-state index in [-0.39, 0.29) is 18.7 Å². The van der Waals surface area contributed by atoms with E-state index in [2.05, 4.69) is 10.2 Å². The Labute approximate surface area is 115 Å². The number of piperidine rings is 1. The minimum atomic E-state index is 0.0618. The molecular weight excluding hydrogens is 240 g/mol.